The van der Waals surface area contributed by atoms with Gasteiger partial charge in [-0.15, -0.1) is 0 Å². The van der Waals surface area contributed by atoms with Gasteiger partial charge in [0.25, 0.3) is 0 Å². The number of nitrogens with zero attached hydrogens (tertiary/aromatic N) is 1. The molecule has 0 heterocycles. The molecule has 0 aliphatic heterocycles. The van der Waals surface area contributed by atoms with E-state index in [1.54, 1.807) is 0 Å². The number of allylic oxidation sites excluding steroid dienone is 2. The van der Waals surface area contributed by atoms with Crippen molar-refractivity contribution in [3.63, 3.8) is 0 Å². The SMILES string of the molecule is CCCCCCCC/C=C\CCCCCCCCCCCC(=O)OC(COC(=O)CCCCCCCCCCCCCCCCCCCCCCCCCCCCCCCCCCCCCCCCCCC)COC(OCC[N+](C)(C)C)C(=O)[O-]. The fraction of sp³-hybridized carbons (Fsp3) is 0.934. The Labute approximate surface area is 529 Å². The van der Waals surface area contributed by atoms with Crippen molar-refractivity contribution in [1.82, 2.24) is 0 Å². The molecule has 2 atom stereocenters. The minimum atomic E-state index is -1.62. The number of hydrogen-bond donors (Lipinski definition) is 0. The number of quaternary nitrogens is 1. The van der Waals surface area contributed by atoms with Crippen molar-refractivity contribution in [2.45, 2.75) is 411 Å². The van der Waals surface area contributed by atoms with Crippen LogP contribution in [0.4, 0.5) is 0 Å². The largest absolute Gasteiger partial charge is 0.545 e. The standard InChI is InChI=1S/C76H147NO8/c1-6-8-10-12-14-16-18-20-22-24-26-27-28-29-30-31-32-33-34-35-36-37-38-39-40-41-42-43-44-45-46-47-49-50-52-54-56-58-60-62-64-66-73(78)83-70-72(71-84-76(75(80)81)82-69-68-77(3,4)5)85-74(79)67-65-63-61-59-57-55-53-51-48-25-23-21-19-17-15-13-11-9-7-2/h21,23,72,76H,6-20,22,24-71H2,1-5H3/b23-21-. The normalized spacial score (nSPS) is 12.6. The van der Waals surface area contributed by atoms with Crippen LogP contribution in [-0.2, 0) is 33.3 Å². The van der Waals surface area contributed by atoms with Crippen LogP contribution in [0.15, 0.2) is 12.2 Å². The Morgan fingerprint density at radius 3 is 0.871 bits per heavy atom. The van der Waals surface area contributed by atoms with Crippen molar-refractivity contribution in [1.29, 1.82) is 0 Å². The zero-order chi connectivity index (χ0) is 61.9. The minimum Gasteiger partial charge on any atom is -0.545 e. The smallest absolute Gasteiger partial charge is 0.306 e. The fourth-order valence-corrected chi connectivity index (χ4v) is 11.7. The highest BCUT2D eigenvalue weighted by molar-refractivity contribution is 5.70. The highest BCUT2D eigenvalue weighted by atomic mass is 16.7. The number of carboxylic acids is 1. The highest BCUT2D eigenvalue weighted by Gasteiger charge is 2.22. The number of aliphatic carboxylic acids is 1. The average molecular weight is 1200 g/mol. The van der Waals surface area contributed by atoms with Gasteiger partial charge in [-0.1, -0.05) is 360 Å². The number of carbonyl (C=O) groups is 3. The number of rotatable bonds is 72. The second-order valence-electron chi connectivity index (χ2n) is 27.3. The lowest BCUT2D eigenvalue weighted by Gasteiger charge is -2.26. The summed E-state index contributed by atoms with van der Waals surface area (Å²) in [5, 5.41) is 11.8. The van der Waals surface area contributed by atoms with Crippen LogP contribution in [0.25, 0.3) is 0 Å². The van der Waals surface area contributed by atoms with E-state index in [9.17, 15) is 19.5 Å². The van der Waals surface area contributed by atoms with Gasteiger partial charge in [0.1, 0.15) is 13.2 Å². The first kappa shape index (κ1) is 83.0. The Morgan fingerprint density at radius 1 is 0.341 bits per heavy atom. The predicted octanol–water partition coefficient (Wildman–Crippen LogP) is 22.3. The number of likely N-dealkylation sites (N-methyl/N-ethyl adjacent to an activating group) is 1. The Hall–Kier alpha value is -1.97. The molecular weight excluding hydrogens is 1050 g/mol. The quantitative estimate of drug-likeness (QED) is 0.0195. The van der Waals surface area contributed by atoms with Crippen LogP contribution in [0.5, 0.6) is 0 Å². The molecular formula is C76H147NO8. The number of unbranched alkanes of at least 4 members (excludes halogenated alkanes) is 55. The number of ether oxygens (including phenoxy) is 4. The Morgan fingerprint density at radius 2 is 0.600 bits per heavy atom. The summed E-state index contributed by atoms with van der Waals surface area (Å²) in [4.78, 5) is 37.5. The Bertz CT molecular complexity index is 1400. The molecule has 85 heavy (non-hydrogen) atoms. The predicted molar refractivity (Wildman–Crippen MR) is 362 cm³/mol. The maximum Gasteiger partial charge on any atom is 0.306 e. The first-order valence-electron chi connectivity index (χ1n) is 37.8. The summed E-state index contributed by atoms with van der Waals surface area (Å²) >= 11 is 0. The van der Waals surface area contributed by atoms with Gasteiger partial charge in [0.05, 0.1) is 40.3 Å². The molecule has 0 aliphatic rings. The van der Waals surface area contributed by atoms with Crippen molar-refractivity contribution in [3.05, 3.63) is 12.2 Å². The lowest BCUT2D eigenvalue weighted by Crippen LogP contribution is -2.44. The molecule has 0 saturated heterocycles. The third-order valence-electron chi connectivity index (χ3n) is 17.5. The summed E-state index contributed by atoms with van der Waals surface area (Å²) in [6.45, 7) is 4.82. The van der Waals surface area contributed by atoms with Gasteiger partial charge in [-0.05, 0) is 38.5 Å². The second-order valence-corrected chi connectivity index (χ2v) is 27.3. The molecule has 9 heteroatoms. The summed E-state index contributed by atoms with van der Waals surface area (Å²) in [5.74, 6) is -2.25. The molecule has 0 radical (unpaired) electrons. The molecule has 0 fully saturated rings. The molecule has 9 nitrogen and oxygen atoms in total. The van der Waals surface area contributed by atoms with E-state index in [-0.39, 0.29) is 32.2 Å². The van der Waals surface area contributed by atoms with E-state index in [0.717, 1.165) is 38.5 Å². The molecule has 0 aromatic rings. The molecule has 0 bridgehead atoms. The van der Waals surface area contributed by atoms with E-state index in [1.165, 1.54) is 327 Å². The first-order valence-corrected chi connectivity index (χ1v) is 37.8. The lowest BCUT2D eigenvalue weighted by molar-refractivity contribution is -0.870. The van der Waals surface area contributed by atoms with E-state index in [0.29, 0.717) is 23.9 Å². The summed E-state index contributed by atoms with van der Waals surface area (Å²) in [5.41, 5.74) is 0. The van der Waals surface area contributed by atoms with Crippen molar-refractivity contribution in [2.24, 2.45) is 0 Å². The van der Waals surface area contributed by atoms with E-state index in [4.69, 9.17) is 18.9 Å². The number of carbonyl (C=O) groups excluding carboxylic acids is 3. The second kappa shape index (κ2) is 68.0. The van der Waals surface area contributed by atoms with Crippen LogP contribution in [-0.4, -0.2) is 82.3 Å². The molecule has 0 amide bonds. The van der Waals surface area contributed by atoms with E-state index in [2.05, 4.69) is 26.0 Å². The van der Waals surface area contributed by atoms with E-state index in [1.807, 2.05) is 21.1 Å². The van der Waals surface area contributed by atoms with Crippen LogP contribution < -0.4 is 5.11 Å². The molecule has 0 saturated carbocycles. The summed E-state index contributed by atoms with van der Waals surface area (Å²) in [6.07, 6.45) is 80.6. The maximum absolute atomic E-state index is 12.9. The topological polar surface area (TPSA) is 111 Å². The first-order chi connectivity index (χ1) is 41.6. The molecule has 0 spiro atoms. The van der Waals surface area contributed by atoms with E-state index >= 15 is 0 Å². The monoisotopic (exact) mass is 1200 g/mol. The molecule has 2 unspecified atom stereocenters. The van der Waals surface area contributed by atoms with Gasteiger partial charge in [0.15, 0.2) is 12.4 Å². The van der Waals surface area contributed by atoms with Gasteiger partial charge in [-0.2, -0.15) is 0 Å². The summed E-state index contributed by atoms with van der Waals surface area (Å²) in [7, 11) is 5.94. The van der Waals surface area contributed by atoms with Gasteiger partial charge in [0.2, 0.25) is 0 Å². The van der Waals surface area contributed by atoms with Crippen LogP contribution >= 0.6 is 0 Å². The highest BCUT2D eigenvalue weighted by Crippen LogP contribution is 2.20. The molecule has 0 aromatic heterocycles. The van der Waals surface area contributed by atoms with Gasteiger partial charge in [-0.25, -0.2) is 0 Å². The number of carboxylic acid groups (broad SMARTS) is 1. The van der Waals surface area contributed by atoms with Crippen LogP contribution in [0, 0.1) is 0 Å². The van der Waals surface area contributed by atoms with Gasteiger partial charge < -0.3 is 33.3 Å². The molecule has 0 aromatic carbocycles. The number of esters is 2. The average Bonchev–Trinajstić information content (AvgIpc) is 3.48. The van der Waals surface area contributed by atoms with Crippen molar-refractivity contribution in [3.8, 4) is 0 Å². The lowest BCUT2D eigenvalue weighted by atomic mass is 10.0. The molecule has 0 aliphatic carbocycles. The van der Waals surface area contributed by atoms with Gasteiger partial charge >= 0.3 is 11.9 Å². The van der Waals surface area contributed by atoms with Gasteiger partial charge in [0, 0.05) is 12.8 Å². The minimum absolute atomic E-state index is 0.151. The van der Waals surface area contributed by atoms with Crippen molar-refractivity contribution >= 4 is 17.9 Å². The zero-order valence-electron chi connectivity index (χ0n) is 57.8. The summed E-state index contributed by atoms with van der Waals surface area (Å²) in [6, 6.07) is 0. The third-order valence-corrected chi connectivity index (χ3v) is 17.5. The van der Waals surface area contributed by atoms with Gasteiger partial charge in [-0.3, -0.25) is 9.59 Å². The van der Waals surface area contributed by atoms with Crippen molar-refractivity contribution in [2.75, 3.05) is 47.5 Å². The fourth-order valence-electron chi connectivity index (χ4n) is 11.7. The molecule has 504 valence electrons. The van der Waals surface area contributed by atoms with Crippen LogP contribution in [0.2, 0.25) is 0 Å². The van der Waals surface area contributed by atoms with Crippen LogP contribution in [0.3, 0.4) is 0 Å². The zero-order valence-corrected chi connectivity index (χ0v) is 57.8. The summed E-state index contributed by atoms with van der Waals surface area (Å²) < 4.78 is 22.8. The van der Waals surface area contributed by atoms with E-state index < -0.39 is 24.3 Å². The molecule has 0 rings (SSSR count). The Balaban J connectivity index is 3.87. The third kappa shape index (κ3) is 69.4. The van der Waals surface area contributed by atoms with Crippen molar-refractivity contribution < 1.29 is 42.9 Å². The maximum atomic E-state index is 12.9. The number of hydrogen-bond acceptors (Lipinski definition) is 8. The Kier molecular flexibility index (Phi) is 66.4. The van der Waals surface area contributed by atoms with Crippen LogP contribution in [0.1, 0.15) is 399 Å². The molecule has 0 N–H and O–H groups in total.